The van der Waals surface area contributed by atoms with Crippen LogP contribution in [0.25, 0.3) is 0 Å². The van der Waals surface area contributed by atoms with Crippen molar-refractivity contribution < 1.29 is 14.3 Å². The zero-order valence-corrected chi connectivity index (χ0v) is 18.0. The lowest BCUT2D eigenvalue weighted by molar-refractivity contribution is -0.131. The Hall–Kier alpha value is -3.16. The summed E-state index contributed by atoms with van der Waals surface area (Å²) in [6, 6.07) is 9.23. The molecule has 1 aliphatic heterocycles. The summed E-state index contributed by atoms with van der Waals surface area (Å²) >= 11 is 0. The molecule has 1 saturated heterocycles. The van der Waals surface area contributed by atoms with Gasteiger partial charge in [-0.05, 0) is 30.5 Å². The first-order valence-electron chi connectivity index (χ1n) is 10.1. The van der Waals surface area contributed by atoms with Crippen LogP contribution >= 0.6 is 0 Å². The molecule has 1 atom stereocenters. The summed E-state index contributed by atoms with van der Waals surface area (Å²) in [7, 11) is 5.15. The largest absolute Gasteiger partial charge is 0.497 e. The van der Waals surface area contributed by atoms with Crippen molar-refractivity contribution in [2.24, 2.45) is 0 Å². The van der Waals surface area contributed by atoms with Crippen LogP contribution in [0, 0.1) is 0 Å². The number of nitrogens with zero attached hydrogens (tertiary/aromatic N) is 4. The fraction of sp³-hybridized carbons (Fsp3) is 0.455. The smallest absolute Gasteiger partial charge is 0.227 e. The van der Waals surface area contributed by atoms with E-state index in [-0.39, 0.29) is 17.9 Å². The number of hydrogen-bond donors (Lipinski definition) is 1. The second-order valence-electron chi connectivity index (χ2n) is 7.50. The molecule has 3 rings (SSSR count). The Morgan fingerprint density at radius 2 is 2.10 bits per heavy atom. The Morgan fingerprint density at radius 1 is 1.30 bits per heavy atom. The molecule has 8 heteroatoms. The number of anilines is 1. The van der Waals surface area contributed by atoms with Crippen LogP contribution in [0.4, 0.5) is 5.82 Å². The van der Waals surface area contributed by atoms with Crippen LogP contribution in [0.15, 0.2) is 30.3 Å². The van der Waals surface area contributed by atoms with Gasteiger partial charge in [0.05, 0.1) is 31.8 Å². The molecule has 0 spiro atoms. The highest BCUT2D eigenvalue weighted by Crippen LogP contribution is 2.31. The number of benzene rings is 1. The minimum atomic E-state index is -0.169. The van der Waals surface area contributed by atoms with E-state index in [2.05, 4.69) is 10.3 Å². The van der Waals surface area contributed by atoms with Gasteiger partial charge in [-0.15, -0.1) is 0 Å². The highest BCUT2D eigenvalue weighted by molar-refractivity contribution is 5.79. The van der Waals surface area contributed by atoms with E-state index in [1.54, 1.807) is 26.1 Å². The molecule has 2 heterocycles. The third-order valence-electron chi connectivity index (χ3n) is 5.35. The van der Waals surface area contributed by atoms with Crippen molar-refractivity contribution >= 4 is 17.6 Å². The fourth-order valence-electron chi connectivity index (χ4n) is 3.62. The molecule has 1 N–H and O–H groups in total. The molecule has 1 aliphatic rings. The maximum Gasteiger partial charge on any atom is 0.227 e. The molecule has 2 aromatic rings. The Kier molecular flexibility index (Phi) is 6.87. The normalized spacial score (nSPS) is 15.7. The molecule has 1 aromatic carbocycles. The summed E-state index contributed by atoms with van der Waals surface area (Å²) in [6.07, 6.45) is 2.03. The first-order valence-corrected chi connectivity index (χ1v) is 10.1. The molecule has 0 aliphatic carbocycles. The molecular weight excluding hydrogens is 382 g/mol. The summed E-state index contributed by atoms with van der Waals surface area (Å²) in [5, 5.41) is 3.06. The third kappa shape index (κ3) is 5.06. The van der Waals surface area contributed by atoms with Crippen molar-refractivity contribution in [1.82, 2.24) is 19.8 Å². The van der Waals surface area contributed by atoms with Crippen molar-refractivity contribution in [1.29, 1.82) is 0 Å². The van der Waals surface area contributed by atoms with E-state index in [4.69, 9.17) is 9.72 Å². The highest BCUT2D eigenvalue weighted by Gasteiger charge is 2.32. The van der Waals surface area contributed by atoms with Crippen LogP contribution in [0.3, 0.4) is 0 Å². The van der Waals surface area contributed by atoms with Crippen LogP contribution in [-0.2, 0) is 22.6 Å². The maximum atomic E-state index is 13.1. The number of ether oxygens (including phenoxy) is 1. The topological polar surface area (TPSA) is 87.7 Å². The SMILES string of the molecule is CNc1cc(CN(C)C(C)=O)nc([C@@H]2CCCN2C(=O)Cc2cccc(OC)c2)n1. The number of carbonyl (C=O) groups is 2. The third-order valence-corrected chi connectivity index (χ3v) is 5.35. The minimum absolute atomic E-state index is 0.0304. The number of carbonyl (C=O) groups excluding carboxylic acids is 2. The number of hydrogen-bond acceptors (Lipinski definition) is 6. The highest BCUT2D eigenvalue weighted by atomic mass is 16.5. The van der Waals surface area contributed by atoms with Crippen LogP contribution in [-0.4, -0.2) is 59.3 Å². The Labute approximate surface area is 177 Å². The summed E-state index contributed by atoms with van der Waals surface area (Å²) in [6.45, 7) is 2.60. The van der Waals surface area contributed by atoms with Gasteiger partial charge in [0, 0.05) is 33.6 Å². The Bertz CT molecular complexity index is 917. The molecule has 2 amide bonds. The summed E-state index contributed by atoms with van der Waals surface area (Å²) in [4.78, 5) is 37.5. The predicted octanol–water partition coefficient (Wildman–Crippen LogP) is 2.41. The Morgan fingerprint density at radius 3 is 2.80 bits per heavy atom. The molecule has 0 radical (unpaired) electrons. The van der Waals surface area contributed by atoms with Crippen molar-refractivity contribution in [3.05, 3.63) is 47.4 Å². The van der Waals surface area contributed by atoms with Crippen LogP contribution < -0.4 is 10.1 Å². The van der Waals surface area contributed by atoms with Gasteiger partial charge in [-0.25, -0.2) is 9.97 Å². The standard InChI is InChI=1S/C22H29N5O3/c1-15(28)26(3)14-17-13-20(23-2)25-22(24-17)19-9-6-10-27(19)21(29)12-16-7-5-8-18(11-16)30-4/h5,7-8,11,13,19H,6,9-10,12,14H2,1-4H3,(H,23,24,25)/t19-/m0/s1. The molecule has 30 heavy (non-hydrogen) atoms. The number of rotatable bonds is 7. The van der Waals surface area contributed by atoms with E-state index in [1.165, 1.54) is 6.92 Å². The van der Waals surface area contributed by atoms with Crippen LogP contribution in [0.5, 0.6) is 5.75 Å². The average molecular weight is 412 g/mol. The maximum absolute atomic E-state index is 13.1. The van der Waals surface area contributed by atoms with Crippen molar-refractivity contribution in [3.63, 3.8) is 0 Å². The number of aromatic nitrogens is 2. The summed E-state index contributed by atoms with van der Waals surface area (Å²) in [5.74, 6) is 2.05. The van der Waals surface area contributed by atoms with Gasteiger partial charge in [0.15, 0.2) is 5.82 Å². The van der Waals surface area contributed by atoms with E-state index >= 15 is 0 Å². The average Bonchev–Trinajstić information content (AvgIpc) is 3.23. The number of nitrogens with one attached hydrogen (secondary N) is 1. The number of amides is 2. The first kappa shape index (κ1) is 21.5. The van der Waals surface area contributed by atoms with Gasteiger partial charge in [0.1, 0.15) is 11.6 Å². The molecule has 8 nitrogen and oxygen atoms in total. The van der Waals surface area contributed by atoms with Gasteiger partial charge in [-0.2, -0.15) is 0 Å². The zero-order chi connectivity index (χ0) is 21.7. The molecule has 1 fully saturated rings. The lowest BCUT2D eigenvalue weighted by Crippen LogP contribution is -2.33. The van der Waals surface area contributed by atoms with E-state index in [0.717, 1.165) is 29.8 Å². The van der Waals surface area contributed by atoms with Crippen molar-refractivity contribution in [3.8, 4) is 5.75 Å². The van der Waals surface area contributed by atoms with Gasteiger partial charge in [-0.3, -0.25) is 9.59 Å². The molecule has 1 aromatic heterocycles. The van der Waals surface area contributed by atoms with Gasteiger partial charge in [0.2, 0.25) is 11.8 Å². The van der Waals surface area contributed by atoms with E-state index in [9.17, 15) is 9.59 Å². The van der Waals surface area contributed by atoms with E-state index in [1.807, 2.05) is 35.2 Å². The molecular formula is C22H29N5O3. The van der Waals surface area contributed by atoms with Gasteiger partial charge in [0.25, 0.3) is 0 Å². The summed E-state index contributed by atoms with van der Waals surface area (Å²) < 4.78 is 5.26. The van der Waals surface area contributed by atoms with Crippen LogP contribution in [0.1, 0.15) is 42.9 Å². The van der Waals surface area contributed by atoms with Crippen molar-refractivity contribution in [2.75, 3.05) is 33.1 Å². The van der Waals surface area contributed by atoms with Crippen molar-refractivity contribution in [2.45, 2.75) is 38.8 Å². The van der Waals surface area contributed by atoms with E-state index in [0.29, 0.717) is 31.2 Å². The quantitative estimate of drug-likeness (QED) is 0.753. The number of methoxy groups -OCH3 is 1. The molecule has 0 unspecified atom stereocenters. The second kappa shape index (κ2) is 9.56. The lowest BCUT2D eigenvalue weighted by Gasteiger charge is -2.25. The molecule has 160 valence electrons. The zero-order valence-electron chi connectivity index (χ0n) is 18.0. The summed E-state index contributed by atoms with van der Waals surface area (Å²) in [5.41, 5.74) is 1.66. The van der Waals surface area contributed by atoms with Gasteiger partial charge >= 0.3 is 0 Å². The Balaban J connectivity index is 1.81. The minimum Gasteiger partial charge on any atom is -0.497 e. The number of likely N-dealkylation sites (tertiary alicyclic amines) is 1. The predicted molar refractivity (Wildman–Crippen MR) is 114 cm³/mol. The van der Waals surface area contributed by atoms with Crippen LogP contribution in [0.2, 0.25) is 0 Å². The second-order valence-corrected chi connectivity index (χ2v) is 7.50. The fourth-order valence-corrected chi connectivity index (χ4v) is 3.62. The van der Waals surface area contributed by atoms with Gasteiger partial charge < -0.3 is 19.9 Å². The lowest BCUT2D eigenvalue weighted by atomic mass is 10.1. The van der Waals surface area contributed by atoms with Gasteiger partial charge in [-0.1, -0.05) is 12.1 Å². The molecule has 0 bridgehead atoms. The van der Waals surface area contributed by atoms with E-state index < -0.39 is 0 Å². The first-order chi connectivity index (χ1) is 14.4. The molecule has 0 saturated carbocycles. The monoisotopic (exact) mass is 411 g/mol.